The van der Waals surface area contributed by atoms with Crippen molar-refractivity contribution in [3.63, 3.8) is 0 Å². The third-order valence-corrected chi connectivity index (χ3v) is 1.15. The number of allylic oxidation sites excluding steroid dienone is 1. The van der Waals surface area contributed by atoms with Crippen LogP contribution in [0.2, 0.25) is 0 Å². The quantitative estimate of drug-likeness (QED) is 0.486. The van der Waals surface area contributed by atoms with Gasteiger partial charge in [0.2, 0.25) is 0 Å². The summed E-state index contributed by atoms with van der Waals surface area (Å²) in [5.74, 6) is 0. The minimum Gasteiger partial charge on any atom is -0.305 e. The normalized spacial score (nSPS) is 18.6. The van der Waals surface area contributed by atoms with E-state index in [4.69, 9.17) is 5.41 Å². The molecule has 1 rings (SSSR count). The first kappa shape index (κ1) is 5.22. The molecule has 2 nitrogen and oxygen atoms in total. The zero-order valence-electron chi connectivity index (χ0n) is 4.81. The number of rotatable bonds is 0. The molecule has 0 spiro atoms. The van der Waals surface area contributed by atoms with Gasteiger partial charge >= 0.3 is 0 Å². The zero-order valence-corrected chi connectivity index (χ0v) is 4.81. The molecule has 0 radical (unpaired) electrons. The largest absolute Gasteiger partial charge is 0.305 e. The summed E-state index contributed by atoms with van der Waals surface area (Å²) in [6.07, 6.45) is 4.16. The summed E-state index contributed by atoms with van der Waals surface area (Å²) in [7, 11) is 0. The van der Waals surface area contributed by atoms with Crippen LogP contribution in [-0.2, 0) is 0 Å². The van der Waals surface area contributed by atoms with Crippen LogP contribution in [0.25, 0.3) is 0 Å². The molecule has 0 fully saturated rings. The van der Waals surface area contributed by atoms with E-state index in [1.165, 1.54) is 0 Å². The Morgan fingerprint density at radius 2 is 2.50 bits per heavy atom. The van der Waals surface area contributed by atoms with Crippen LogP contribution < -0.4 is 0 Å². The zero-order chi connectivity index (χ0) is 5.98. The Hall–Kier alpha value is -0.920. The summed E-state index contributed by atoms with van der Waals surface area (Å²) in [6.45, 7) is 1.90. The number of aliphatic imine (C=N–C) groups is 1. The number of nitrogens with zero attached hydrogens (tertiary/aromatic N) is 1. The maximum absolute atomic E-state index is 7.24. The Morgan fingerprint density at radius 3 is 2.88 bits per heavy atom. The molecule has 0 bridgehead atoms. The van der Waals surface area contributed by atoms with Crippen LogP contribution in [-0.4, -0.2) is 11.9 Å². The Bertz CT molecular complexity index is 165. The SMILES string of the molecule is CC1=CN=CCC1=N. The Morgan fingerprint density at radius 1 is 1.75 bits per heavy atom. The van der Waals surface area contributed by atoms with Crippen molar-refractivity contribution in [1.29, 1.82) is 5.41 Å². The fourth-order valence-electron chi connectivity index (χ4n) is 0.547. The average Bonchev–Trinajstić information content (AvgIpc) is 1.77. The van der Waals surface area contributed by atoms with Gasteiger partial charge in [-0.15, -0.1) is 0 Å². The molecule has 1 aliphatic heterocycles. The van der Waals surface area contributed by atoms with Gasteiger partial charge in [-0.2, -0.15) is 0 Å². The molecular formula is C6H8N2. The Labute approximate surface area is 48.4 Å². The third kappa shape index (κ3) is 0.832. The van der Waals surface area contributed by atoms with E-state index in [0.717, 1.165) is 5.57 Å². The molecule has 0 unspecified atom stereocenters. The molecule has 0 aliphatic carbocycles. The second kappa shape index (κ2) is 1.90. The van der Waals surface area contributed by atoms with Gasteiger partial charge in [0.15, 0.2) is 0 Å². The van der Waals surface area contributed by atoms with E-state index in [2.05, 4.69) is 4.99 Å². The van der Waals surface area contributed by atoms with Crippen molar-refractivity contribution in [3.8, 4) is 0 Å². The topological polar surface area (TPSA) is 36.2 Å². The van der Waals surface area contributed by atoms with E-state index < -0.39 is 0 Å². The van der Waals surface area contributed by atoms with Crippen molar-refractivity contribution in [2.24, 2.45) is 4.99 Å². The van der Waals surface area contributed by atoms with Gasteiger partial charge in [0, 0.05) is 24.5 Å². The summed E-state index contributed by atoms with van der Waals surface area (Å²) in [4.78, 5) is 3.88. The predicted octanol–water partition coefficient (Wildman–Crippen LogP) is 1.38. The van der Waals surface area contributed by atoms with E-state index in [1.807, 2.05) is 6.92 Å². The second-order valence-corrected chi connectivity index (χ2v) is 1.83. The summed E-state index contributed by atoms with van der Waals surface area (Å²) >= 11 is 0. The standard InChI is InChI=1S/C6H8N2/c1-5-4-8-3-2-6(5)7/h3-4,7H,2H2,1H3. The fourth-order valence-corrected chi connectivity index (χ4v) is 0.547. The van der Waals surface area contributed by atoms with Crippen molar-refractivity contribution < 1.29 is 0 Å². The van der Waals surface area contributed by atoms with Gasteiger partial charge in [-0.05, 0) is 12.5 Å². The van der Waals surface area contributed by atoms with Crippen LogP contribution in [0.3, 0.4) is 0 Å². The van der Waals surface area contributed by atoms with E-state index in [9.17, 15) is 0 Å². The van der Waals surface area contributed by atoms with Gasteiger partial charge in [-0.1, -0.05) is 0 Å². The highest BCUT2D eigenvalue weighted by atomic mass is 14.7. The van der Waals surface area contributed by atoms with Crippen molar-refractivity contribution in [3.05, 3.63) is 11.8 Å². The van der Waals surface area contributed by atoms with Gasteiger partial charge in [-0.3, -0.25) is 4.99 Å². The number of hydrogen-bond acceptors (Lipinski definition) is 2. The molecule has 0 aromatic rings. The molecule has 0 saturated carbocycles. The predicted molar refractivity (Wildman–Crippen MR) is 34.6 cm³/mol. The first-order valence-corrected chi connectivity index (χ1v) is 2.57. The van der Waals surface area contributed by atoms with Gasteiger partial charge in [0.1, 0.15) is 0 Å². The van der Waals surface area contributed by atoms with Gasteiger partial charge in [0.25, 0.3) is 0 Å². The summed E-state index contributed by atoms with van der Waals surface area (Å²) in [5, 5.41) is 7.24. The lowest BCUT2D eigenvalue weighted by Crippen LogP contribution is -2.01. The van der Waals surface area contributed by atoms with Crippen molar-refractivity contribution in [2.75, 3.05) is 0 Å². The second-order valence-electron chi connectivity index (χ2n) is 1.83. The highest BCUT2D eigenvalue weighted by Crippen LogP contribution is 2.02. The lowest BCUT2D eigenvalue weighted by molar-refractivity contribution is 1.31. The van der Waals surface area contributed by atoms with Gasteiger partial charge in [0.05, 0.1) is 0 Å². The average molecular weight is 108 g/mol. The van der Waals surface area contributed by atoms with Crippen LogP contribution in [0.5, 0.6) is 0 Å². The molecule has 2 heteroatoms. The lowest BCUT2D eigenvalue weighted by Gasteiger charge is -2.01. The maximum atomic E-state index is 7.24. The van der Waals surface area contributed by atoms with Crippen LogP contribution in [0.1, 0.15) is 13.3 Å². The van der Waals surface area contributed by atoms with E-state index in [0.29, 0.717) is 12.1 Å². The number of nitrogens with one attached hydrogen (secondary N) is 1. The summed E-state index contributed by atoms with van der Waals surface area (Å²) in [5.41, 5.74) is 1.66. The molecule has 0 amide bonds. The maximum Gasteiger partial charge on any atom is 0.0411 e. The highest BCUT2D eigenvalue weighted by molar-refractivity contribution is 6.06. The van der Waals surface area contributed by atoms with Crippen LogP contribution >= 0.6 is 0 Å². The molecule has 0 atom stereocenters. The molecule has 0 aromatic heterocycles. The molecule has 0 saturated heterocycles. The fraction of sp³-hybridized carbons (Fsp3) is 0.333. The van der Waals surface area contributed by atoms with Crippen LogP contribution in [0.15, 0.2) is 16.8 Å². The smallest absolute Gasteiger partial charge is 0.0411 e. The molecule has 1 aliphatic rings. The van der Waals surface area contributed by atoms with Crippen molar-refractivity contribution in [1.82, 2.24) is 0 Å². The Balaban J connectivity index is 2.80. The molecule has 8 heavy (non-hydrogen) atoms. The van der Waals surface area contributed by atoms with Crippen molar-refractivity contribution in [2.45, 2.75) is 13.3 Å². The van der Waals surface area contributed by atoms with Gasteiger partial charge in [-0.25, -0.2) is 0 Å². The van der Waals surface area contributed by atoms with Crippen LogP contribution in [0.4, 0.5) is 0 Å². The Kier molecular flexibility index (Phi) is 1.24. The minimum atomic E-state index is 0.681. The van der Waals surface area contributed by atoms with E-state index in [-0.39, 0.29) is 0 Å². The molecule has 1 heterocycles. The first-order valence-electron chi connectivity index (χ1n) is 2.57. The number of hydrogen-bond donors (Lipinski definition) is 1. The molecular weight excluding hydrogens is 100 g/mol. The minimum absolute atomic E-state index is 0.681. The summed E-state index contributed by atoms with van der Waals surface area (Å²) < 4.78 is 0. The molecule has 1 N–H and O–H groups in total. The monoisotopic (exact) mass is 108 g/mol. The van der Waals surface area contributed by atoms with E-state index in [1.54, 1.807) is 12.4 Å². The molecule has 0 aromatic carbocycles. The lowest BCUT2D eigenvalue weighted by atomic mass is 10.1. The summed E-state index contributed by atoms with van der Waals surface area (Å²) in [6, 6.07) is 0. The van der Waals surface area contributed by atoms with E-state index >= 15 is 0 Å². The van der Waals surface area contributed by atoms with Crippen molar-refractivity contribution >= 4 is 11.9 Å². The molecule has 42 valence electrons. The third-order valence-electron chi connectivity index (χ3n) is 1.15. The van der Waals surface area contributed by atoms with Crippen LogP contribution in [0, 0.1) is 5.41 Å². The van der Waals surface area contributed by atoms with Gasteiger partial charge < -0.3 is 5.41 Å². The highest BCUT2D eigenvalue weighted by Gasteiger charge is 1.99. The first-order chi connectivity index (χ1) is 3.80.